The minimum atomic E-state index is 0.748. The maximum Gasteiger partial charge on any atom is 0.0433 e. The van der Waals surface area contributed by atoms with E-state index < -0.39 is 0 Å². The fourth-order valence-electron chi connectivity index (χ4n) is 2.77. The zero-order chi connectivity index (χ0) is 15.8. The van der Waals surface area contributed by atoms with Gasteiger partial charge in [-0.2, -0.15) is 0 Å². The van der Waals surface area contributed by atoms with Crippen LogP contribution < -0.4 is 0 Å². The Morgan fingerprint density at radius 3 is 2.09 bits per heavy atom. The summed E-state index contributed by atoms with van der Waals surface area (Å²) in [5, 5.41) is 2.74. The molecule has 1 heterocycles. The van der Waals surface area contributed by atoms with E-state index in [2.05, 4.69) is 42.5 Å². The van der Waals surface area contributed by atoms with Gasteiger partial charge in [0.25, 0.3) is 0 Å². The normalized spacial score (nSPS) is 11.0. The summed E-state index contributed by atoms with van der Waals surface area (Å²) in [5.41, 5.74) is 3.63. The molecule has 0 N–H and O–H groups in total. The van der Waals surface area contributed by atoms with E-state index in [1.54, 1.807) is 11.3 Å². The third kappa shape index (κ3) is 2.76. The summed E-state index contributed by atoms with van der Waals surface area (Å²) in [6.45, 7) is 0. The maximum absolute atomic E-state index is 6.18. The summed E-state index contributed by atoms with van der Waals surface area (Å²) in [6, 6.07) is 24.6. The van der Waals surface area contributed by atoms with Crippen molar-refractivity contribution in [2.45, 2.75) is 0 Å². The van der Waals surface area contributed by atoms with E-state index in [1.807, 2.05) is 30.3 Å². The standard InChI is InChI=1S/C20H12Cl2S/c21-15-8-6-13(7-9-15)19-17-11-10-16(22)12-18(17)23-20(19)14-4-2-1-3-5-14/h1-12H. The van der Waals surface area contributed by atoms with Crippen LogP contribution in [0.2, 0.25) is 10.0 Å². The third-order valence-corrected chi connectivity index (χ3v) is 5.51. The lowest BCUT2D eigenvalue weighted by molar-refractivity contribution is 1.66. The molecule has 0 unspecified atom stereocenters. The van der Waals surface area contributed by atoms with Crippen LogP contribution in [0.3, 0.4) is 0 Å². The summed E-state index contributed by atoms with van der Waals surface area (Å²) < 4.78 is 1.20. The molecule has 0 bridgehead atoms. The van der Waals surface area contributed by atoms with Crippen LogP contribution in [0, 0.1) is 0 Å². The smallest absolute Gasteiger partial charge is 0.0433 e. The largest absolute Gasteiger partial charge is 0.134 e. The fraction of sp³-hybridized carbons (Fsp3) is 0. The van der Waals surface area contributed by atoms with Gasteiger partial charge in [-0.25, -0.2) is 0 Å². The predicted molar refractivity (Wildman–Crippen MR) is 103 cm³/mol. The van der Waals surface area contributed by atoms with Crippen molar-refractivity contribution in [2.24, 2.45) is 0 Å². The molecule has 0 saturated carbocycles. The average molecular weight is 355 g/mol. The molecule has 3 heteroatoms. The highest BCUT2D eigenvalue weighted by atomic mass is 35.5. The number of hydrogen-bond donors (Lipinski definition) is 0. The van der Waals surface area contributed by atoms with E-state index in [0.29, 0.717) is 0 Å². The van der Waals surface area contributed by atoms with Crippen molar-refractivity contribution in [1.82, 2.24) is 0 Å². The first-order valence-corrected chi connectivity index (χ1v) is 8.83. The molecule has 1 aromatic heterocycles. The number of benzene rings is 3. The highest BCUT2D eigenvalue weighted by Gasteiger charge is 2.15. The van der Waals surface area contributed by atoms with Gasteiger partial charge in [-0.15, -0.1) is 11.3 Å². The van der Waals surface area contributed by atoms with Crippen molar-refractivity contribution in [2.75, 3.05) is 0 Å². The number of hydrogen-bond acceptors (Lipinski definition) is 1. The summed E-state index contributed by atoms with van der Waals surface area (Å²) in [6.07, 6.45) is 0. The SMILES string of the molecule is Clc1ccc(-c2c(-c3ccccc3)sc3cc(Cl)ccc23)cc1. The lowest BCUT2D eigenvalue weighted by Gasteiger charge is -2.06. The first-order chi connectivity index (χ1) is 11.2. The van der Waals surface area contributed by atoms with Crippen molar-refractivity contribution in [3.63, 3.8) is 0 Å². The van der Waals surface area contributed by atoms with Crippen LogP contribution in [-0.4, -0.2) is 0 Å². The van der Waals surface area contributed by atoms with E-state index in [4.69, 9.17) is 23.2 Å². The molecular weight excluding hydrogens is 343 g/mol. The van der Waals surface area contributed by atoms with Crippen LogP contribution in [0.1, 0.15) is 0 Å². The topological polar surface area (TPSA) is 0 Å². The summed E-state index contributed by atoms with van der Waals surface area (Å²) in [5.74, 6) is 0. The molecule has 0 atom stereocenters. The Bertz CT molecular complexity index is 970. The third-order valence-electron chi connectivity index (χ3n) is 3.82. The van der Waals surface area contributed by atoms with Crippen LogP contribution in [-0.2, 0) is 0 Å². The first-order valence-electron chi connectivity index (χ1n) is 7.26. The molecular formula is C20H12Cl2S. The molecule has 0 spiro atoms. The molecule has 0 nitrogen and oxygen atoms in total. The zero-order valence-corrected chi connectivity index (χ0v) is 14.4. The van der Waals surface area contributed by atoms with Crippen molar-refractivity contribution in [3.8, 4) is 21.6 Å². The Kier molecular flexibility index (Phi) is 3.86. The van der Waals surface area contributed by atoms with Gasteiger partial charge < -0.3 is 0 Å². The molecule has 0 aliphatic heterocycles. The van der Waals surface area contributed by atoms with Gasteiger partial charge >= 0.3 is 0 Å². The zero-order valence-electron chi connectivity index (χ0n) is 12.1. The van der Waals surface area contributed by atoms with E-state index in [1.165, 1.54) is 31.7 Å². The molecule has 23 heavy (non-hydrogen) atoms. The van der Waals surface area contributed by atoms with E-state index in [0.717, 1.165) is 10.0 Å². The summed E-state index contributed by atoms with van der Waals surface area (Å²) in [4.78, 5) is 1.25. The average Bonchev–Trinajstić information content (AvgIpc) is 2.95. The molecule has 0 aliphatic rings. The first kappa shape index (κ1) is 14.8. The van der Waals surface area contributed by atoms with Gasteiger partial charge in [-0.3, -0.25) is 0 Å². The van der Waals surface area contributed by atoms with Gasteiger partial charge in [0, 0.05) is 30.6 Å². The number of fused-ring (bicyclic) bond motifs is 1. The Labute approximate surface area is 148 Å². The van der Waals surface area contributed by atoms with Crippen LogP contribution >= 0.6 is 34.5 Å². The molecule has 112 valence electrons. The molecule has 4 aromatic rings. The van der Waals surface area contributed by atoms with Gasteiger partial charge in [0.05, 0.1) is 0 Å². The Balaban J connectivity index is 2.05. The highest BCUT2D eigenvalue weighted by molar-refractivity contribution is 7.23. The van der Waals surface area contributed by atoms with Gasteiger partial charge in [-0.1, -0.05) is 71.7 Å². The second-order valence-electron chi connectivity index (χ2n) is 5.32. The molecule has 0 radical (unpaired) electrons. The molecule has 3 aromatic carbocycles. The molecule has 4 rings (SSSR count). The maximum atomic E-state index is 6.18. The van der Waals surface area contributed by atoms with E-state index in [9.17, 15) is 0 Å². The van der Waals surface area contributed by atoms with Crippen molar-refractivity contribution >= 4 is 44.6 Å². The van der Waals surface area contributed by atoms with Crippen molar-refractivity contribution < 1.29 is 0 Å². The van der Waals surface area contributed by atoms with Gasteiger partial charge in [-0.05, 0) is 35.4 Å². The van der Waals surface area contributed by atoms with Crippen LogP contribution in [0.15, 0.2) is 72.8 Å². The number of halogens is 2. The monoisotopic (exact) mass is 354 g/mol. The van der Waals surface area contributed by atoms with Gasteiger partial charge in [0.2, 0.25) is 0 Å². The van der Waals surface area contributed by atoms with E-state index in [-0.39, 0.29) is 0 Å². The number of rotatable bonds is 2. The molecule has 0 saturated heterocycles. The van der Waals surface area contributed by atoms with Crippen molar-refractivity contribution in [1.29, 1.82) is 0 Å². The second kappa shape index (κ2) is 6.01. The highest BCUT2D eigenvalue weighted by Crippen LogP contribution is 2.45. The Morgan fingerprint density at radius 2 is 1.35 bits per heavy atom. The van der Waals surface area contributed by atoms with Crippen LogP contribution in [0.4, 0.5) is 0 Å². The summed E-state index contributed by atoms with van der Waals surface area (Å²) >= 11 is 14.0. The van der Waals surface area contributed by atoms with Gasteiger partial charge in [0.1, 0.15) is 0 Å². The minimum Gasteiger partial charge on any atom is -0.134 e. The lowest BCUT2D eigenvalue weighted by atomic mass is 9.99. The second-order valence-corrected chi connectivity index (χ2v) is 7.24. The fourth-order valence-corrected chi connectivity index (χ4v) is 4.40. The van der Waals surface area contributed by atoms with Crippen molar-refractivity contribution in [3.05, 3.63) is 82.8 Å². The minimum absolute atomic E-state index is 0.748. The lowest BCUT2D eigenvalue weighted by Crippen LogP contribution is -1.80. The van der Waals surface area contributed by atoms with Crippen LogP contribution in [0.25, 0.3) is 31.7 Å². The molecule has 0 aliphatic carbocycles. The quantitative estimate of drug-likeness (QED) is 0.348. The predicted octanol–water partition coefficient (Wildman–Crippen LogP) is 7.54. The van der Waals surface area contributed by atoms with Crippen LogP contribution in [0.5, 0.6) is 0 Å². The molecule has 0 fully saturated rings. The van der Waals surface area contributed by atoms with E-state index >= 15 is 0 Å². The summed E-state index contributed by atoms with van der Waals surface area (Å²) in [7, 11) is 0. The Hall–Kier alpha value is -1.80. The Morgan fingerprint density at radius 1 is 0.652 bits per heavy atom. The van der Waals surface area contributed by atoms with Gasteiger partial charge in [0.15, 0.2) is 0 Å². The number of thiophene rings is 1. The molecule has 0 amide bonds.